The fourth-order valence-corrected chi connectivity index (χ4v) is 14.3. The molecule has 0 radical (unpaired) electrons. The lowest BCUT2D eigenvalue weighted by Crippen LogP contribution is -2.32. The minimum Gasteiger partial charge on any atom is -0.310 e. The molecule has 1 aromatic heterocycles. The summed E-state index contributed by atoms with van der Waals surface area (Å²) in [6, 6.07) is 82.7. The van der Waals surface area contributed by atoms with Crippen molar-refractivity contribution in [2.75, 3.05) is 4.90 Å². The van der Waals surface area contributed by atoms with E-state index < -0.39 is 10.8 Å². The second-order valence-electron chi connectivity index (χ2n) is 20.2. The third-order valence-electron chi connectivity index (χ3n) is 17.0. The lowest BCUT2D eigenvalue weighted by atomic mass is 9.61. The highest BCUT2D eigenvalue weighted by atomic mass is 15.1. The van der Waals surface area contributed by atoms with Gasteiger partial charge in [-0.25, -0.2) is 0 Å². The summed E-state index contributed by atoms with van der Waals surface area (Å²) in [7, 11) is 0. The molecule has 0 amide bonds. The van der Waals surface area contributed by atoms with E-state index in [1.54, 1.807) is 0 Å². The van der Waals surface area contributed by atoms with Crippen LogP contribution in [-0.2, 0) is 10.8 Å². The maximum atomic E-state index is 10.9. The van der Waals surface area contributed by atoms with Crippen molar-refractivity contribution in [3.05, 3.63) is 311 Å². The summed E-state index contributed by atoms with van der Waals surface area (Å²) in [5.74, 6) is 0. The topological polar surface area (TPSA) is 8.17 Å². The molecule has 1 heterocycles. The smallest absolute Gasteiger partial charge is 0.0726 e. The van der Waals surface area contributed by atoms with E-state index in [1.165, 1.54) is 27.8 Å². The molecule has 0 saturated carbocycles. The van der Waals surface area contributed by atoms with E-state index in [0.717, 1.165) is 88.9 Å². The average Bonchev–Trinajstić information content (AvgIpc) is 3.79. The third kappa shape index (κ3) is 4.86. The predicted octanol–water partition coefficient (Wildman–Crippen LogP) is 18.1. The zero-order valence-corrected chi connectivity index (χ0v) is 39.9. The van der Waals surface area contributed by atoms with Crippen molar-refractivity contribution in [3.63, 3.8) is 0 Å². The molecule has 0 N–H and O–H groups in total. The van der Waals surface area contributed by atoms with Gasteiger partial charge in [0.15, 0.2) is 0 Å². The highest BCUT2D eigenvalue weighted by molar-refractivity contribution is 6.14. The molecular weight excluding hydrogens is 893 g/mol. The van der Waals surface area contributed by atoms with Crippen LogP contribution in [-0.4, -0.2) is 4.57 Å². The van der Waals surface area contributed by atoms with E-state index in [-0.39, 0.29) is 30.2 Å². The second kappa shape index (κ2) is 14.6. The number of hydrogen-bond acceptors (Lipinski definition) is 1. The van der Waals surface area contributed by atoms with E-state index in [2.05, 4.69) is 210 Å². The molecule has 0 aliphatic heterocycles. The largest absolute Gasteiger partial charge is 0.310 e. The number of hydrogen-bond donors (Lipinski definition) is 0. The van der Waals surface area contributed by atoms with Crippen molar-refractivity contribution in [2.45, 2.75) is 10.8 Å². The molecule has 2 heteroatoms. The van der Waals surface area contributed by atoms with Gasteiger partial charge in [0.1, 0.15) is 0 Å². The molecule has 13 aromatic rings. The Morgan fingerprint density at radius 1 is 0.311 bits per heavy atom. The first kappa shape index (κ1) is 35.6. The zero-order chi connectivity index (χ0) is 52.6. The second-order valence-corrected chi connectivity index (χ2v) is 20.2. The number of nitrogens with zero attached hydrogens (tertiary/aromatic N) is 2. The third-order valence-corrected chi connectivity index (χ3v) is 17.0. The quantitative estimate of drug-likeness (QED) is 0.171. The van der Waals surface area contributed by atoms with E-state index >= 15 is 0 Å². The molecule has 2 spiro atoms. The van der Waals surface area contributed by atoms with Crippen LogP contribution in [0.3, 0.4) is 0 Å². The molecule has 4 aliphatic carbocycles. The van der Waals surface area contributed by atoms with Crippen LogP contribution in [0, 0.1) is 0 Å². The van der Waals surface area contributed by atoms with Gasteiger partial charge in [0.25, 0.3) is 0 Å². The Bertz CT molecular complexity index is 4770. The molecule has 0 atom stereocenters. The van der Waals surface area contributed by atoms with Crippen molar-refractivity contribution in [1.29, 1.82) is 0 Å². The van der Waals surface area contributed by atoms with Gasteiger partial charge < -0.3 is 9.47 Å². The highest BCUT2D eigenvalue weighted by Gasteiger charge is 2.53. The van der Waals surface area contributed by atoms with Crippen LogP contribution in [0.1, 0.15) is 51.4 Å². The molecule has 12 aromatic carbocycles. The van der Waals surface area contributed by atoms with Crippen LogP contribution >= 0.6 is 0 Å². The van der Waals surface area contributed by atoms with Crippen LogP contribution in [0.15, 0.2) is 267 Å². The number of rotatable bonds is 4. The monoisotopic (exact) mass is 941 g/mol. The Balaban J connectivity index is 1.04. The van der Waals surface area contributed by atoms with Gasteiger partial charge in [-0.2, -0.15) is 0 Å². The summed E-state index contributed by atoms with van der Waals surface area (Å²) in [4.78, 5) is 2.10. The number of fused-ring (bicyclic) bond motifs is 22. The number of para-hydroxylation sites is 2. The number of anilines is 3. The van der Waals surface area contributed by atoms with E-state index in [0.29, 0.717) is 27.6 Å². The van der Waals surface area contributed by atoms with Crippen molar-refractivity contribution in [3.8, 4) is 50.2 Å². The van der Waals surface area contributed by atoms with Gasteiger partial charge in [-0.1, -0.05) is 218 Å². The summed E-state index contributed by atoms with van der Waals surface area (Å²) >= 11 is 0. The van der Waals surface area contributed by atoms with Crippen LogP contribution in [0.2, 0.25) is 0 Å². The van der Waals surface area contributed by atoms with Crippen molar-refractivity contribution >= 4 is 49.6 Å². The minimum absolute atomic E-state index is 0.00875. The summed E-state index contributed by atoms with van der Waals surface area (Å²) in [6.07, 6.45) is 0. The molecule has 2 nitrogen and oxygen atoms in total. The summed E-state index contributed by atoms with van der Waals surface area (Å²) in [5, 5.41) is 3.07. The maximum Gasteiger partial charge on any atom is 0.0726 e. The highest BCUT2D eigenvalue weighted by Crippen LogP contribution is 2.65. The van der Waals surface area contributed by atoms with E-state index in [4.69, 9.17) is 0 Å². The molecule has 342 valence electrons. The molecule has 74 heavy (non-hydrogen) atoms. The van der Waals surface area contributed by atoms with Gasteiger partial charge in [-0.05, 0) is 143 Å². The molecule has 17 rings (SSSR count). The Morgan fingerprint density at radius 2 is 0.757 bits per heavy atom. The molecule has 0 saturated heterocycles. The Kier molecular flexibility index (Phi) is 7.00. The Hall–Kier alpha value is -9.50. The van der Waals surface area contributed by atoms with Gasteiger partial charge >= 0.3 is 0 Å². The fourth-order valence-electron chi connectivity index (χ4n) is 14.3. The van der Waals surface area contributed by atoms with Crippen LogP contribution in [0.4, 0.5) is 17.1 Å². The standard InChI is InChI=1S/C72H44N2/c1-2-19-45(20-3-1)74-67-36-17-10-27-55(67)56-40-38-47(44-69(56)74)73(46-37-39-54-52-25-8-15-34-63(52)72(66(54)43-46)61-32-13-6-23-50(61)51-24-7-14-33-62(51)72)68-42-41-65-70-57(28-18-29-58(68)70)53-26-9-16-35-64(53)71(65)59-30-11-4-21-48(59)49-22-5-12-31-60(49)71/h1-44H/i18D,28D,29D,41D,42D. The molecule has 0 fully saturated rings. The summed E-state index contributed by atoms with van der Waals surface area (Å²) in [5.41, 5.74) is 19.2. The molecule has 4 aliphatic rings. The lowest BCUT2D eigenvalue weighted by molar-refractivity contribution is 0.773. The Labute approximate surface area is 436 Å². The first-order valence-corrected chi connectivity index (χ1v) is 25.5. The van der Waals surface area contributed by atoms with Gasteiger partial charge in [0.2, 0.25) is 0 Å². The SMILES string of the molecule is [2H]c1c([2H])c2c3c(c([2H])c([2H])c(N(c4ccc5c(c4)C4(c6ccccc6-c6ccccc64)c4ccccc4-5)c4ccc5c6ccccc6n(-c6ccccc6)c5c4)c3c1[2H])C1(c3ccccc3-c3ccccc31)c1ccccc1-2. The fraction of sp³-hybridized carbons (Fsp3) is 0.0278. The Morgan fingerprint density at radius 3 is 1.34 bits per heavy atom. The predicted molar refractivity (Wildman–Crippen MR) is 306 cm³/mol. The van der Waals surface area contributed by atoms with Gasteiger partial charge in [-0.3, -0.25) is 0 Å². The zero-order valence-electron chi connectivity index (χ0n) is 44.9. The van der Waals surface area contributed by atoms with Crippen LogP contribution < -0.4 is 4.90 Å². The van der Waals surface area contributed by atoms with Crippen LogP contribution in [0.25, 0.3) is 82.8 Å². The maximum absolute atomic E-state index is 10.9. The summed E-state index contributed by atoms with van der Waals surface area (Å²) < 4.78 is 54.1. The lowest BCUT2D eigenvalue weighted by Gasteiger charge is -2.41. The van der Waals surface area contributed by atoms with Crippen LogP contribution in [0.5, 0.6) is 0 Å². The minimum atomic E-state index is -1.09. The van der Waals surface area contributed by atoms with E-state index in [1.807, 2.05) is 36.4 Å². The first-order valence-electron chi connectivity index (χ1n) is 28.0. The molecular formula is C72H44N2. The van der Waals surface area contributed by atoms with Crippen molar-refractivity contribution < 1.29 is 6.85 Å². The normalized spacial score (nSPS) is 15.1. The summed E-state index contributed by atoms with van der Waals surface area (Å²) in [6.45, 7) is 0. The van der Waals surface area contributed by atoms with Crippen molar-refractivity contribution in [1.82, 2.24) is 4.57 Å². The van der Waals surface area contributed by atoms with E-state index in [9.17, 15) is 6.85 Å². The van der Waals surface area contributed by atoms with Gasteiger partial charge in [-0.15, -0.1) is 0 Å². The average molecular weight is 942 g/mol. The van der Waals surface area contributed by atoms with Gasteiger partial charge in [0, 0.05) is 33.2 Å². The van der Waals surface area contributed by atoms with Crippen molar-refractivity contribution in [2.24, 2.45) is 0 Å². The molecule has 0 bridgehead atoms. The number of aromatic nitrogens is 1. The first-order chi connectivity index (χ1) is 38.8. The number of benzene rings is 12. The van der Waals surface area contributed by atoms with Gasteiger partial charge in [0.05, 0.1) is 34.4 Å². The molecule has 0 unspecified atom stereocenters.